The van der Waals surface area contributed by atoms with Gasteiger partial charge in [0.15, 0.2) is 11.5 Å². The Morgan fingerprint density at radius 1 is 0.900 bits per heavy atom. The average Bonchev–Trinajstić information content (AvgIpc) is 2.81. The summed E-state index contributed by atoms with van der Waals surface area (Å²) in [6, 6.07) is 19.5. The van der Waals surface area contributed by atoms with Crippen molar-refractivity contribution < 1.29 is 19.0 Å². The molecule has 6 nitrogen and oxygen atoms in total. The van der Waals surface area contributed by atoms with Crippen LogP contribution in [-0.2, 0) is 24.3 Å². The number of rotatable bonds is 9. The number of ether oxygens (including phenoxy) is 3. The van der Waals surface area contributed by atoms with Crippen molar-refractivity contribution in [3.05, 3.63) is 89.7 Å². The largest absolute Gasteiger partial charge is 0.493 e. The minimum absolute atomic E-state index is 0.368. The third-order valence-corrected chi connectivity index (χ3v) is 4.69. The molecule has 6 heteroatoms. The third kappa shape index (κ3) is 5.98. The van der Waals surface area contributed by atoms with Gasteiger partial charge >= 0.3 is 6.09 Å². The van der Waals surface area contributed by atoms with Crippen LogP contribution in [0, 0.1) is 0 Å². The Hall–Kier alpha value is -3.54. The number of carbonyl (C=O) groups excluding carboxylic acids is 1. The van der Waals surface area contributed by atoms with E-state index in [1.165, 1.54) is 7.11 Å². The monoisotopic (exact) mass is 406 g/mol. The molecule has 0 radical (unpaired) electrons. The molecule has 1 aromatic heterocycles. The van der Waals surface area contributed by atoms with Gasteiger partial charge in [0.05, 0.1) is 14.2 Å². The molecular formula is C24H26N2O4. The number of methoxy groups -OCH3 is 2. The fourth-order valence-corrected chi connectivity index (χ4v) is 3.06. The molecule has 30 heavy (non-hydrogen) atoms. The molecule has 0 N–H and O–H groups in total. The Morgan fingerprint density at radius 3 is 2.37 bits per heavy atom. The van der Waals surface area contributed by atoms with E-state index in [9.17, 15) is 4.79 Å². The predicted molar refractivity (Wildman–Crippen MR) is 115 cm³/mol. The van der Waals surface area contributed by atoms with Gasteiger partial charge in [0.2, 0.25) is 0 Å². The number of pyridine rings is 1. The van der Waals surface area contributed by atoms with E-state index < -0.39 is 0 Å². The number of hydrogen-bond donors (Lipinski definition) is 0. The van der Waals surface area contributed by atoms with Gasteiger partial charge in [-0.05, 0) is 47.4 Å². The van der Waals surface area contributed by atoms with Crippen molar-refractivity contribution in [1.82, 2.24) is 9.88 Å². The van der Waals surface area contributed by atoms with Gasteiger partial charge in [-0.2, -0.15) is 0 Å². The highest BCUT2D eigenvalue weighted by molar-refractivity contribution is 5.67. The standard InChI is InChI=1S/C24H26N2O4/c1-28-23-16-21(8-9-22(23)30-18-20-6-4-3-5-7-20)17-26(24(27)29-2)15-12-19-10-13-25-14-11-19/h3-11,13-14,16H,12,15,17-18H2,1-2H3. The average molecular weight is 406 g/mol. The van der Waals surface area contributed by atoms with Crippen LogP contribution in [0.1, 0.15) is 16.7 Å². The molecule has 0 unspecified atom stereocenters. The number of benzene rings is 2. The Bertz CT molecular complexity index is 932. The van der Waals surface area contributed by atoms with Crippen molar-refractivity contribution in [2.75, 3.05) is 20.8 Å². The first-order chi connectivity index (χ1) is 14.7. The minimum Gasteiger partial charge on any atom is -0.493 e. The zero-order valence-corrected chi connectivity index (χ0v) is 17.3. The van der Waals surface area contributed by atoms with Crippen LogP contribution in [0.25, 0.3) is 0 Å². The lowest BCUT2D eigenvalue weighted by Crippen LogP contribution is -2.32. The van der Waals surface area contributed by atoms with Crippen molar-refractivity contribution in [1.29, 1.82) is 0 Å². The van der Waals surface area contributed by atoms with E-state index in [0.29, 0.717) is 37.6 Å². The molecule has 3 aromatic rings. The van der Waals surface area contributed by atoms with Gasteiger partial charge in [0, 0.05) is 25.5 Å². The van der Waals surface area contributed by atoms with Crippen LogP contribution in [0.5, 0.6) is 11.5 Å². The van der Waals surface area contributed by atoms with Crippen LogP contribution < -0.4 is 9.47 Å². The van der Waals surface area contributed by atoms with Gasteiger partial charge in [0.25, 0.3) is 0 Å². The minimum atomic E-state index is -0.368. The van der Waals surface area contributed by atoms with Gasteiger partial charge in [-0.3, -0.25) is 4.98 Å². The summed E-state index contributed by atoms with van der Waals surface area (Å²) in [5.74, 6) is 1.29. The maximum atomic E-state index is 12.3. The van der Waals surface area contributed by atoms with Crippen LogP contribution in [0.4, 0.5) is 4.79 Å². The van der Waals surface area contributed by atoms with E-state index in [4.69, 9.17) is 14.2 Å². The Morgan fingerprint density at radius 2 is 1.67 bits per heavy atom. The first kappa shape index (κ1) is 21.2. The fraction of sp³-hybridized carbons (Fsp3) is 0.250. The molecule has 0 spiro atoms. The Kier molecular flexibility index (Phi) is 7.66. The zero-order valence-electron chi connectivity index (χ0n) is 17.3. The highest BCUT2D eigenvalue weighted by atomic mass is 16.5. The Balaban J connectivity index is 1.67. The van der Waals surface area contributed by atoms with Gasteiger partial charge in [-0.25, -0.2) is 4.79 Å². The lowest BCUT2D eigenvalue weighted by molar-refractivity contribution is 0.121. The van der Waals surface area contributed by atoms with Crippen LogP contribution in [0.2, 0.25) is 0 Å². The van der Waals surface area contributed by atoms with Crippen molar-refractivity contribution in [3.8, 4) is 11.5 Å². The van der Waals surface area contributed by atoms with E-state index in [1.54, 1.807) is 24.4 Å². The second-order valence-electron chi connectivity index (χ2n) is 6.76. The van der Waals surface area contributed by atoms with E-state index in [2.05, 4.69) is 4.98 Å². The van der Waals surface area contributed by atoms with E-state index in [0.717, 1.165) is 16.7 Å². The molecule has 0 aliphatic carbocycles. The van der Waals surface area contributed by atoms with Gasteiger partial charge in [-0.1, -0.05) is 36.4 Å². The molecule has 0 aliphatic rings. The first-order valence-electron chi connectivity index (χ1n) is 9.75. The molecule has 0 saturated carbocycles. The van der Waals surface area contributed by atoms with Crippen molar-refractivity contribution in [3.63, 3.8) is 0 Å². The van der Waals surface area contributed by atoms with Crippen molar-refractivity contribution >= 4 is 6.09 Å². The van der Waals surface area contributed by atoms with Crippen molar-refractivity contribution in [2.24, 2.45) is 0 Å². The predicted octanol–water partition coefficient (Wildman–Crippen LogP) is 4.48. The summed E-state index contributed by atoms with van der Waals surface area (Å²) in [6.07, 6.45) is 3.84. The molecule has 0 aliphatic heterocycles. The van der Waals surface area contributed by atoms with Crippen LogP contribution in [-0.4, -0.2) is 36.7 Å². The number of carbonyl (C=O) groups is 1. The van der Waals surface area contributed by atoms with E-state index in [1.807, 2.05) is 60.7 Å². The van der Waals surface area contributed by atoms with E-state index >= 15 is 0 Å². The first-order valence-corrected chi connectivity index (χ1v) is 9.75. The summed E-state index contributed by atoms with van der Waals surface area (Å²) in [5, 5.41) is 0. The topological polar surface area (TPSA) is 60.9 Å². The summed E-state index contributed by atoms with van der Waals surface area (Å²) in [4.78, 5) is 17.9. The summed E-state index contributed by atoms with van der Waals surface area (Å²) >= 11 is 0. The molecule has 3 rings (SSSR count). The molecule has 0 fully saturated rings. The maximum Gasteiger partial charge on any atom is 0.409 e. The van der Waals surface area contributed by atoms with Gasteiger partial charge in [0.1, 0.15) is 6.61 Å². The number of amides is 1. The SMILES string of the molecule is COC(=O)N(CCc1ccncc1)Cc1ccc(OCc2ccccc2)c(OC)c1. The molecule has 2 aromatic carbocycles. The highest BCUT2D eigenvalue weighted by Crippen LogP contribution is 2.29. The lowest BCUT2D eigenvalue weighted by atomic mass is 10.1. The van der Waals surface area contributed by atoms with Gasteiger partial charge in [-0.15, -0.1) is 0 Å². The number of aromatic nitrogens is 1. The summed E-state index contributed by atoms with van der Waals surface area (Å²) < 4.78 is 16.4. The van der Waals surface area contributed by atoms with Crippen LogP contribution >= 0.6 is 0 Å². The molecule has 0 bridgehead atoms. The second kappa shape index (κ2) is 10.9. The number of nitrogens with zero attached hydrogens (tertiary/aromatic N) is 2. The van der Waals surface area contributed by atoms with E-state index in [-0.39, 0.29) is 6.09 Å². The smallest absolute Gasteiger partial charge is 0.409 e. The highest BCUT2D eigenvalue weighted by Gasteiger charge is 2.16. The van der Waals surface area contributed by atoms with Crippen LogP contribution in [0.15, 0.2) is 73.1 Å². The second-order valence-corrected chi connectivity index (χ2v) is 6.76. The fourth-order valence-electron chi connectivity index (χ4n) is 3.06. The molecule has 156 valence electrons. The van der Waals surface area contributed by atoms with Crippen LogP contribution in [0.3, 0.4) is 0 Å². The maximum absolute atomic E-state index is 12.3. The normalized spacial score (nSPS) is 10.3. The lowest BCUT2D eigenvalue weighted by Gasteiger charge is -2.22. The summed E-state index contributed by atoms with van der Waals surface area (Å²) in [7, 11) is 3.00. The third-order valence-electron chi connectivity index (χ3n) is 4.69. The molecule has 0 atom stereocenters. The molecule has 0 saturated heterocycles. The number of hydrogen-bond acceptors (Lipinski definition) is 5. The summed E-state index contributed by atoms with van der Waals surface area (Å²) in [6.45, 7) is 1.40. The molecule has 1 heterocycles. The zero-order chi connectivity index (χ0) is 21.2. The quantitative estimate of drug-likeness (QED) is 0.524. The van der Waals surface area contributed by atoms with Crippen molar-refractivity contribution in [2.45, 2.75) is 19.6 Å². The molecular weight excluding hydrogens is 380 g/mol. The summed E-state index contributed by atoms with van der Waals surface area (Å²) in [5.41, 5.74) is 3.12. The molecule has 1 amide bonds. The van der Waals surface area contributed by atoms with Gasteiger partial charge < -0.3 is 19.1 Å². The Labute approximate surface area is 177 Å².